The Morgan fingerprint density at radius 2 is 1.64 bits per heavy atom. The topological polar surface area (TPSA) is 68.4 Å². The van der Waals surface area contributed by atoms with Gasteiger partial charge in [-0.15, -0.1) is 0 Å². The first kappa shape index (κ1) is 33.2. The van der Waals surface area contributed by atoms with E-state index in [1.807, 2.05) is 30.0 Å². The maximum Gasteiger partial charge on any atom is 0.256 e. The number of ether oxygens (including phenoxy) is 1. The molecule has 2 aliphatic rings. The summed E-state index contributed by atoms with van der Waals surface area (Å²) < 4.78 is 5.64. The highest BCUT2D eigenvalue weighted by molar-refractivity contribution is 7.80. The third-order valence-electron chi connectivity index (χ3n) is 8.06. The molecule has 0 spiro atoms. The molecule has 2 fully saturated rings. The van der Waals surface area contributed by atoms with Gasteiger partial charge in [-0.05, 0) is 79.6 Å². The minimum atomic E-state index is -0.734. The number of hydrogen-bond donors (Lipinski definition) is 1. The van der Waals surface area contributed by atoms with Gasteiger partial charge in [-0.25, -0.2) is 0 Å². The summed E-state index contributed by atoms with van der Waals surface area (Å²) in [7, 11) is 0. The van der Waals surface area contributed by atoms with E-state index in [0.29, 0.717) is 39.7 Å². The van der Waals surface area contributed by atoms with Crippen molar-refractivity contribution in [2.24, 2.45) is 0 Å². The quantitative estimate of drug-likeness (QED) is 0.214. The Kier molecular flexibility index (Phi) is 11.7. The summed E-state index contributed by atoms with van der Waals surface area (Å²) in [5.74, 6) is 0.215. The van der Waals surface area contributed by atoms with Crippen LogP contribution in [0.15, 0.2) is 72.8 Å². The van der Waals surface area contributed by atoms with Crippen LogP contribution in [0, 0.1) is 0 Å². The van der Waals surface area contributed by atoms with Crippen LogP contribution in [0.3, 0.4) is 0 Å². The average molecular weight is 669 g/mol. The van der Waals surface area contributed by atoms with E-state index in [2.05, 4.69) is 39.4 Å². The molecule has 0 saturated carbocycles. The summed E-state index contributed by atoms with van der Waals surface area (Å²) in [6.45, 7) is 9.06. The number of thiocarbonyl (C=S) groups is 1. The van der Waals surface area contributed by atoms with Crippen molar-refractivity contribution in [1.29, 1.82) is 0 Å². The first-order chi connectivity index (χ1) is 21.8. The smallest absolute Gasteiger partial charge is 0.256 e. The molecule has 1 N–H and O–H groups in total. The lowest BCUT2D eigenvalue weighted by Crippen LogP contribution is -2.47. The Bertz CT molecular complexity index is 1470. The van der Waals surface area contributed by atoms with Crippen molar-refractivity contribution >= 4 is 63.7 Å². The van der Waals surface area contributed by atoms with E-state index >= 15 is 0 Å². The summed E-state index contributed by atoms with van der Waals surface area (Å²) in [6.07, 6.45) is 1.68. The van der Waals surface area contributed by atoms with Crippen LogP contribution in [0.5, 0.6) is 5.75 Å². The second kappa shape index (κ2) is 15.9. The van der Waals surface area contributed by atoms with Gasteiger partial charge in [0.15, 0.2) is 5.11 Å². The SMILES string of the molecule is CCCOc1ccc(NC(=O)CC2C(=O)N(c3ccc(Cl)c(Cl)c3)C(=S)N2CCCN2CCN(Cc3ccccc3)CC2)cc1. The third-order valence-corrected chi connectivity index (χ3v) is 9.21. The number of rotatable bonds is 13. The molecule has 45 heavy (non-hydrogen) atoms. The summed E-state index contributed by atoms with van der Waals surface area (Å²) in [4.78, 5) is 35.3. The maximum atomic E-state index is 13.8. The van der Waals surface area contributed by atoms with Crippen molar-refractivity contribution in [3.05, 3.63) is 88.4 Å². The van der Waals surface area contributed by atoms with Crippen LogP contribution in [0.2, 0.25) is 10.0 Å². The van der Waals surface area contributed by atoms with E-state index < -0.39 is 6.04 Å². The molecule has 2 saturated heterocycles. The van der Waals surface area contributed by atoms with Gasteiger partial charge in [-0.3, -0.25) is 19.4 Å². The zero-order valence-corrected chi connectivity index (χ0v) is 27.8. The van der Waals surface area contributed by atoms with Crippen LogP contribution in [0.25, 0.3) is 0 Å². The van der Waals surface area contributed by atoms with Crippen LogP contribution in [-0.2, 0) is 16.1 Å². The van der Waals surface area contributed by atoms with Crippen LogP contribution < -0.4 is 15.0 Å². The molecule has 238 valence electrons. The molecule has 1 atom stereocenters. The monoisotopic (exact) mass is 667 g/mol. The van der Waals surface area contributed by atoms with Gasteiger partial charge in [-0.1, -0.05) is 60.5 Å². The van der Waals surface area contributed by atoms with E-state index in [9.17, 15) is 9.59 Å². The molecule has 2 amide bonds. The second-order valence-electron chi connectivity index (χ2n) is 11.3. The Morgan fingerprint density at radius 1 is 0.933 bits per heavy atom. The van der Waals surface area contributed by atoms with Crippen LogP contribution in [-0.4, -0.2) is 83.5 Å². The largest absolute Gasteiger partial charge is 0.494 e. The molecule has 0 bridgehead atoms. The predicted octanol–water partition coefficient (Wildman–Crippen LogP) is 6.32. The van der Waals surface area contributed by atoms with Gasteiger partial charge in [0, 0.05) is 45.0 Å². The standard InChI is InChI=1S/C34H39Cl2N5O3S/c1-2-21-44-28-12-9-26(10-13-28)37-32(42)23-31-33(43)41(27-11-14-29(35)30(36)22-27)34(45)40(31)16-6-15-38-17-19-39(20-18-38)24-25-7-4-3-5-8-25/h3-5,7-14,22,31H,2,6,15-21,23-24H2,1H3,(H,37,42). The molecule has 0 aromatic heterocycles. The number of nitrogens with zero attached hydrogens (tertiary/aromatic N) is 4. The molecule has 11 heteroatoms. The third kappa shape index (κ3) is 8.74. The predicted molar refractivity (Wildman–Crippen MR) is 185 cm³/mol. The summed E-state index contributed by atoms with van der Waals surface area (Å²) >= 11 is 18.3. The minimum absolute atomic E-state index is 0.0386. The summed E-state index contributed by atoms with van der Waals surface area (Å²) in [6, 6.07) is 22.0. The Hall–Kier alpha value is -3.21. The van der Waals surface area contributed by atoms with Gasteiger partial charge in [0.1, 0.15) is 11.8 Å². The highest BCUT2D eigenvalue weighted by atomic mass is 35.5. The average Bonchev–Trinajstić information content (AvgIpc) is 3.27. The van der Waals surface area contributed by atoms with Crippen LogP contribution >= 0.6 is 35.4 Å². The number of benzene rings is 3. The highest BCUT2D eigenvalue weighted by Crippen LogP contribution is 2.32. The number of halogens is 2. The number of anilines is 2. The molecule has 3 aromatic rings. The number of nitrogens with one attached hydrogen (secondary N) is 1. The van der Waals surface area contributed by atoms with Gasteiger partial charge in [0.2, 0.25) is 5.91 Å². The van der Waals surface area contributed by atoms with Gasteiger partial charge in [0.05, 0.1) is 28.8 Å². The first-order valence-electron chi connectivity index (χ1n) is 15.4. The lowest BCUT2D eigenvalue weighted by atomic mass is 10.1. The Labute approximate surface area is 280 Å². The first-order valence-corrected chi connectivity index (χ1v) is 16.6. The fourth-order valence-corrected chi connectivity index (χ4v) is 6.37. The van der Waals surface area contributed by atoms with E-state index in [4.69, 9.17) is 40.2 Å². The van der Waals surface area contributed by atoms with Crippen molar-refractivity contribution in [2.45, 2.75) is 38.8 Å². The molecule has 1 unspecified atom stereocenters. The maximum absolute atomic E-state index is 13.8. The molecule has 8 nitrogen and oxygen atoms in total. The lowest BCUT2D eigenvalue weighted by Gasteiger charge is -2.35. The van der Waals surface area contributed by atoms with E-state index in [1.165, 1.54) is 10.5 Å². The molecule has 2 aliphatic heterocycles. The number of hydrogen-bond acceptors (Lipinski definition) is 6. The van der Waals surface area contributed by atoms with Crippen LogP contribution in [0.1, 0.15) is 31.7 Å². The van der Waals surface area contributed by atoms with Crippen molar-refractivity contribution in [3.63, 3.8) is 0 Å². The number of amides is 2. The second-order valence-corrected chi connectivity index (χ2v) is 12.5. The summed E-state index contributed by atoms with van der Waals surface area (Å²) in [5.41, 5.74) is 2.50. The van der Waals surface area contributed by atoms with Crippen molar-refractivity contribution in [3.8, 4) is 5.75 Å². The van der Waals surface area contributed by atoms with Crippen molar-refractivity contribution in [2.75, 3.05) is 56.1 Å². The minimum Gasteiger partial charge on any atom is -0.494 e. The molecule has 0 aliphatic carbocycles. The highest BCUT2D eigenvalue weighted by Gasteiger charge is 2.44. The van der Waals surface area contributed by atoms with Crippen molar-refractivity contribution < 1.29 is 14.3 Å². The number of carbonyl (C=O) groups excluding carboxylic acids is 2. The molecule has 3 aromatic carbocycles. The molecular formula is C34H39Cl2N5O3S. The van der Waals surface area contributed by atoms with Crippen molar-refractivity contribution in [1.82, 2.24) is 14.7 Å². The number of piperazine rings is 1. The molecule has 5 rings (SSSR count). The van der Waals surface area contributed by atoms with E-state index in [-0.39, 0.29) is 18.2 Å². The number of carbonyl (C=O) groups is 2. The Morgan fingerprint density at radius 3 is 2.33 bits per heavy atom. The van der Waals surface area contributed by atoms with E-state index in [1.54, 1.807) is 30.3 Å². The molecule has 2 heterocycles. The van der Waals surface area contributed by atoms with Gasteiger partial charge < -0.3 is 19.9 Å². The fourth-order valence-electron chi connectivity index (χ4n) is 5.67. The van der Waals surface area contributed by atoms with Gasteiger partial charge in [0.25, 0.3) is 5.91 Å². The lowest BCUT2D eigenvalue weighted by molar-refractivity contribution is -0.124. The van der Waals surface area contributed by atoms with Crippen LogP contribution in [0.4, 0.5) is 11.4 Å². The fraction of sp³-hybridized carbons (Fsp3) is 0.382. The Balaban J connectivity index is 1.21. The zero-order valence-electron chi connectivity index (χ0n) is 25.5. The summed E-state index contributed by atoms with van der Waals surface area (Å²) in [5, 5.41) is 4.00. The normalized spacial score (nSPS) is 17.6. The zero-order chi connectivity index (χ0) is 31.8. The van der Waals surface area contributed by atoms with Gasteiger partial charge in [-0.2, -0.15) is 0 Å². The van der Waals surface area contributed by atoms with E-state index in [0.717, 1.165) is 57.9 Å². The molecule has 0 radical (unpaired) electrons. The molecular weight excluding hydrogens is 629 g/mol. The van der Waals surface area contributed by atoms with Gasteiger partial charge >= 0.3 is 0 Å².